The minimum Gasteiger partial charge on any atom is -0.478 e. The molecule has 2 aromatic carbocycles. The van der Waals surface area contributed by atoms with Crippen LogP contribution in [0.15, 0.2) is 52.3 Å². The van der Waals surface area contributed by atoms with Gasteiger partial charge in [-0.05, 0) is 43.7 Å². The molecule has 0 spiro atoms. The Morgan fingerprint density at radius 3 is 2.65 bits per heavy atom. The van der Waals surface area contributed by atoms with Crippen molar-refractivity contribution in [3.63, 3.8) is 0 Å². The molecule has 0 saturated carbocycles. The summed E-state index contributed by atoms with van der Waals surface area (Å²) in [5.74, 6) is -1.07. The number of nitrogens with one attached hydrogen (secondary N) is 1. The zero-order chi connectivity index (χ0) is 18.8. The largest absolute Gasteiger partial charge is 0.478 e. The second-order valence-corrected chi connectivity index (χ2v) is 6.21. The van der Waals surface area contributed by atoms with E-state index in [1.807, 2.05) is 13.0 Å². The molecule has 6 nitrogen and oxygen atoms in total. The van der Waals surface area contributed by atoms with Gasteiger partial charge in [0.25, 0.3) is 5.56 Å². The van der Waals surface area contributed by atoms with Crippen molar-refractivity contribution in [2.45, 2.75) is 13.8 Å². The van der Waals surface area contributed by atoms with Gasteiger partial charge < -0.3 is 5.11 Å². The highest BCUT2D eigenvalue weighted by molar-refractivity contribution is 6.31. The Labute approximate surface area is 154 Å². The summed E-state index contributed by atoms with van der Waals surface area (Å²) in [6, 6.07) is 11.7. The molecule has 0 saturated heterocycles. The molecule has 1 heterocycles. The van der Waals surface area contributed by atoms with Crippen molar-refractivity contribution in [1.29, 1.82) is 0 Å². The third-order valence-corrected chi connectivity index (χ3v) is 4.41. The van der Waals surface area contributed by atoms with Gasteiger partial charge in [0.2, 0.25) is 0 Å². The number of aryl methyl sites for hydroxylation is 2. The van der Waals surface area contributed by atoms with Crippen LogP contribution in [0.3, 0.4) is 0 Å². The molecule has 132 valence electrons. The number of nitrogens with zero attached hydrogens (tertiary/aromatic N) is 2. The molecular weight excluding hydrogens is 354 g/mol. The standard InChI is InChI=1S/C19H16ClN3O3/c1-11-7-8-13(9-16(11)20)23-18(24)15(12(2)22-23)10-21-17-6-4-3-5-14(17)19(25)26/h3-10,22H,1-2H3,(H,25,26). The van der Waals surface area contributed by atoms with Gasteiger partial charge in [-0.1, -0.05) is 29.8 Å². The van der Waals surface area contributed by atoms with E-state index < -0.39 is 5.97 Å². The Kier molecular flexibility index (Phi) is 4.77. The van der Waals surface area contributed by atoms with Gasteiger partial charge in [0, 0.05) is 16.9 Å². The molecule has 0 aliphatic carbocycles. The summed E-state index contributed by atoms with van der Waals surface area (Å²) in [4.78, 5) is 28.2. The van der Waals surface area contributed by atoms with E-state index in [1.54, 1.807) is 37.3 Å². The third-order valence-electron chi connectivity index (χ3n) is 4.00. The number of aromatic nitrogens is 2. The number of hydrogen-bond donors (Lipinski definition) is 2. The maximum atomic E-state index is 12.7. The highest BCUT2D eigenvalue weighted by Gasteiger charge is 2.13. The molecule has 3 aromatic rings. The number of aromatic amines is 1. The van der Waals surface area contributed by atoms with E-state index in [-0.39, 0.29) is 16.8 Å². The summed E-state index contributed by atoms with van der Waals surface area (Å²) in [6.45, 7) is 3.63. The number of carboxylic acids is 1. The molecule has 0 amide bonds. The van der Waals surface area contributed by atoms with Gasteiger partial charge in [-0.15, -0.1) is 0 Å². The Hall–Kier alpha value is -3.12. The molecule has 0 fully saturated rings. The second-order valence-electron chi connectivity index (χ2n) is 5.81. The van der Waals surface area contributed by atoms with E-state index in [0.29, 0.717) is 22.0 Å². The molecule has 0 aliphatic heterocycles. The van der Waals surface area contributed by atoms with Crippen molar-refractivity contribution in [2.24, 2.45) is 4.99 Å². The topological polar surface area (TPSA) is 87.4 Å². The van der Waals surface area contributed by atoms with E-state index in [1.165, 1.54) is 17.0 Å². The molecule has 0 radical (unpaired) electrons. The van der Waals surface area contributed by atoms with E-state index in [0.717, 1.165) is 5.56 Å². The van der Waals surface area contributed by atoms with Crippen LogP contribution >= 0.6 is 11.6 Å². The van der Waals surface area contributed by atoms with Crippen LogP contribution in [0.1, 0.15) is 27.2 Å². The lowest BCUT2D eigenvalue weighted by Gasteiger charge is -2.04. The zero-order valence-corrected chi connectivity index (χ0v) is 14.9. The van der Waals surface area contributed by atoms with E-state index in [4.69, 9.17) is 11.6 Å². The summed E-state index contributed by atoms with van der Waals surface area (Å²) < 4.78 is 1.38. The number of carbonyl (C=O) groups is 1. The van der Waals surface area contributed by atoms with Crippen molar-refractivity contribution in [1.82, 2.24) is 9.78 Å². The van der Waals surface area contributed by atoms with Crippen LogP contribution in [-0.2, 0) is 0 Å². The molecule has 3 rings (SSSR count). The number of para-hydroxylation sites is 1. The first kappa shape index (κ1) is 17.7. The van der Waals surface area contributed by atoms with Gasteiger partial charge in [-0.25, -0.2) is 9.48 Å². The van der Waals surface area contributed by atoms with Gasteiger partial charge in [0.1, 0.15) is 0 Å². The normalized spacial score (nSPS) is 11.2. The predicted molar refractivity (Wildman–Crippen MR) is 102 cm³/mol. The fourth-order valence-corrected chi connectivity index (χ4v) is 2.69. The Bertz CT molecular complexity index is 1080. The van der Waals surface area contributed by atoms with Crippen LogP contribution in [-0.4, -0.2) is 27.1 Å². The Morgan fingerprint density at radius 1 is 1.23 bits per heavy atom. The molecule has 7 heteroatoms. The van der Waals surface area contributed by atoms with Crippen molar-refractivity contribution in [3.8, 4) is 5.69 Å². The quantitative estimate of drug-likeness (QED) is 0.684. The van der Waals surface area contributed by atoms with Crippen LogP contribution in [0.25, 0.3) is 5.69 Å². The average Bonchev–Trinajstić information content (AvgIpc) is 2.90. The van der Waals surface area contributed by atoms with E-state index in [9.17, 15) is 14.7 Å². The van der Waals surface area contributed by atoms with Crippen LogP contribution < -0.4 is 5.56 Å². The molecule has 2 N–H and O–H groups in total. The molecule has 0 bridgehead atoms. The highest BCUT2D eigenvalue weighted by Crippen LogP contribution is 2.20. The van der Waals surface area contributed by atoms with Gasteiger partial charge >= 0.3 is 5.97 Å². The molecule has 0 unspecified atom stereocenters. The summed E-state index contributed by atoms with van der Waals surface area (Å²) in [5.41, 5.74) is 2.55. The van der Waals surface area contributed by atoms with Crippen LogP contribution in [0.4, 0.5) is 5.69 Å². The van der Waals surface area contributed by atoms with Gasteiger partial charge in [-0.2, -0.15) is 0 Å². The van der Waals surface area contributed by atoms with Crippen LogP contribution in [0.5, 0.6) is 0 Å². The maximum absolute atomic E-state index is 12.7. The number of H-pyrrole nitrogens is 1. The predicted octanol–water partition coefficient (Wildman–Crippen LogP) is 3.88. The fourth-order valence-electron chi connectivity index (χ4n) is 2.52. The molecule has 0 aliphatic rings. The lowest BCUT2D eigenvalue weighted by Crippen LogP contribution is -2.17. The van der Waals surface area contributed by atoms with Crippen molar-refractivity contribution >= 4 is 29.5 Å². The lowest BCUT2D eigenvalue weighted by molar-refractivity contribution is 0.0698. The first-order valence-corrected chi connectivity index (χ1v) is 8.21. The van der Waals surface area contributed by atoms with Crippen LogP contribution in [0, 0.1) is 13.8 Å². The smallest absolute Gasteiger partial charge is 0.337 e. The summed E-state index contributed by atoms with van der Waals surface area (Å²) >= 11 is 6.14. The number of carboxylic acid groups (broad SMARTS) is 1. The number of hydrogen-bond acceptors (Lipinski definition) is 3. The van der Waals surface area contributed by atoms with Gasteiger partial charge in [0.15, 0.2) is 0 Å². The zero-order valence-electron chi connectivity index (χ0n) is 14.2. The van der Waals surface area contributed by atoms with Crippen molar-refractivity contribution in [2.75, 3.05) is 0 Å². The molecule has 1 aromatic heterocycles. The van der Waals surface area contributed by atoms with E-state index in [2.05, 4.69) is 10.1 Å². The van der Waals surface area contributed by atoms with Gasteiger partial charge in [0.05, 0.1) is 22.5 Å². The maximum Gasteiger partial charge on any atom is 0.337 e. The SMILES string of the molecule is Cc1ccc(-n2[nH]c(C)c(C=Nc3ccccc3C(=O)O)c2=O)cc1Cl. The minimum absolute atomic E-state index is 0.0718. The fraction of sp³-hybridized carbons (Fsp3) is 0.105. The summed E-state index contributed by atoms with van der Waals surface area (Å²) in [7, 11) is 0. The average molecular weight is 370 g/mol. The first-order chi connectivity index (χ1) is 12.4. The van der Waals surface area contributed by atoms with E-state index >= 15 is 0 Å². The number of aromatic carboxylic acids is 1. The third kappa shape index (κ3) is 3.32. The van der Waals surface area contributed by atoms with Crippen molar-refractivity contribution in [3.05, 3.63) is 80.2 Å². The van der Waals surface area contributed by atoms with Gasteiger partial charge in [-0.3, -0.25) is 14.9 Å². The monoisotopic (exact) mass is 369 g/mol. The second kappa shape index (κ2) is 7.01. The number of aliphatic imine (C=N–C) groups is 1. The van der Waals surface area contributed by atoms with Crippen LogP contribution in [0.2, 0.25) is 5.02 Å². The Morgan fingerprint density at radius 2 is 1.96 bits per heavy atom. The molecular formula is C19H16ClN3O3. The lowest BCUT2D eigenvalue weighted by atomic mass is 10.2. The summed E-state index contributed by atoms with van der Waals surface area (Å²) in [6.07, 6.45) is 1.38. The summed E-state index contributed by atoms with van der Waals surface area (Å²) in [5, 5.41) is 12.8. The number of halogens is 1. The first-order valence-electron chi connectivity index (χ1n) is 7.83. The number of benzene rings is 2. The highest BCUT2D eigenvalue weighted by atomic mass is 35.5. The molecule has 26 heavy (non-hydrogen) atoms. The number of rotatable bonds is 4. The van der Waals surface area contributed by atoms with Crippen molar-refractivity contribution < 1.29 is 9.90 Å². The minimum atomic E-state index is -1.07. The Balaban J connectivity index is 2.03. The molecule has 0 atom stereocenters.